The van der Waals surface area contributed by atoms with Crippen LogP contribution in [0.5, 0.6) is 0 Å². The number of carboxylic acids is 1. The van der Waals surface area contributed by atoms with Crippen molar-refractivity contribution in [1.29, 1.82) is 0 Å². The molecule has 1 aliphatic heterocycles. The minimum Gasteiger partial charge on any atom is -0.481 e. The lowest BCUT2D eigenvalue weighted by Crippen LogP contribution is -2.58. The number of carboxylic acid groups (broad SMARTS) is 1. The highest BCUT2D eigenvalue weighted by Gasteiger charge is 2.44. The molecular formula is C13H19F3N2O5. The Labute approximate surface area is 130 Å². The molecule has 10 heteroatoms. The van der Waals surface area contributed by atoms with Gasteiger partial charge in [0.05, 0.1) is 12.0 Å². The van der Waals surface area contributed by atoms with Crippen molar-refractivity contribution < 1.29 is 37.4 Å². The molecule has 23 heavy (non-hydrogen) atoms. The Kier molecular flexibility index (Phi) is 5.49. The van der Waals surface area contributed by atoms with E-state index in [1.165, 1.54) is 0 Å². The Hall–Kier alpha value is -2.00. The number of amides is 2. The number of rotatable bonds is 2. The highest BCUT2D eigenvalue weighted by Crippen LogP contribution is 2.22. The second kappa shape index (κ2) is 6.63. The lowest BCUT2D eigenvalue weighted by Gasteiger charge is -2.37. The highest BCUT2D eigenvalue weighted by atomic mass is 19.4. The van der Waals surface area contributed by atoms with Gasteiger partial charge in [-0.3, -0.25) is 9.59 Å². The smallest absolute Gasteiger partial charge is 0.471 e. The maximum atomic E-state index is 12.3. The van der Waals surface area contributed by atoms with Crippen LogP contribution in [0, 0.1) is 5.92 Å². The molecule has 0 aromatic carbocycles. The number of ether oxygens (including phenoxy) is 1. The van der Waals surface area contributed by atoms with E-state index in [1.807, 2.05) is 0 Å². The Bertz CT molecular complexity index is 487. The van der Waals surface area contributed by atoms with Gasteiger partial charge in [-0.25, -0.2) is 4.79 Å². The second-order valence-electron chi connectivity index (χ2n) is 6.24. The summed E-state index contributed by atoms with van der Waals surface area (Å²) in [5, 5.41) is 10.7. The van der Waals surface area contributed by atoms with Crippen LogP contribution in [0.4, 0.5) is 18.0 Å². The molecule has 0 aliphatic carbocycles. The number of alkyl halides is 3. The zero-order valence-corrected chi connectivity index (χ0v) is 12.9. The van der Waals surface area contributed by atoms with Crippen molar-refractivity contribution in [2.24, 2.45) is 5.92 Å². The van der Waals surface area contributed by atoms with Gasteiger partial charge in [0, 0.05) is 13.1 Å². The molecule has 1 heterocycles. The van der Waals surface area contributed by atoms with Gasteiger partial charge in [-0.2, -0.15) is 13.2 Å². The van der Waals surface area contributed by atoms with Gasteiger partial charge in [0.1, 0.15) is 5.60 Å². The SMILES string of the molecule is CC(C)(C)OC(=O)N1CC[C@H](C(=O)O)[C@H](NC(=O)C(F)(F)F)C1. The van der Waals surface area contributed by atoms with Gasteiger partial charge in [-0.15, -0.1) is 0 Å². The summed E-state index contributed by atoms with van der Waals surface area (Å²) in [6, 6.07) is -1.34. The van der Waals surface area contributed by atoms with E-state index >= 15 is 0 Å². The third-order valence-corrected chi connectivity index (χ3v) is 3.16. The maximum Gasteiger partial charge on any atom is 0.471 e. The minimum atomic E-state index is -5.13. The molecule has 7 nitrogen and oxygen atoms in total. The molecule has 2 atom stereocenters. The first-order valence-electron chi connectivity index (χ1n) is 6.89. The molecule has 1 saturated heterocycles. The molecule has 1 fully saturated rings. The van der Waals surface area contributed by atoms with Crippen LogP contribution in [-0.2, 0) is 14.3 Å². The molecule has 0 saturated carbocycles. The molecule has 0 aromatic heterocycles. The molecule has 0 bridgehead atoms. The van der Waals surface area contributed by atoms with Crippen molar-refractivity contribution in [3.05, 3.63) is 0 Å². The van der Waals surface area contributed by atoms with E-state index in [1.54, 1.807) is 26.1 Å². The van der Waals surface area contributed by atoms with E-state index in [4.69, 9.17) is 9.84 Å². The zero-order chi connectivity index (χ0) is 18.0. The van der Waals surface area contributed by atoms with Gasteiger partial charge >= 0.3 is 24.1 Å². The number of nitrogens with zero attached hydrogens (tertiary/aromatic N) is 1. The van der Waals surface area contributed by atoms with Gasteiger partial charge in [0.15, 0.2) is 0 Å². The standard InChI is InChI=1S/C13H19F3N2O5/c1-12(2,3)23-11(22)18-5-4-7(9(19)20)8(6-18)17-10(21)13(14,15)16/h7-8H,4-6H2,1-3H3,(H,17,21)(H,19,20)/t7-,8+/m0/s1. The number of hydrogen-bond acceptors (Lipinski definition) is 4. The molecule has 0 spiro atoms. The first-order valence-corrected chi connectivity index (χ1v) is 6.89. The third-order valence-electron chi connectivity index (χ3n) is 3.16. The lowest BCUT2D eigenvalue weighted by atomic mass is 9.91. The van der Waals surface area contributed by atoms with Crippen LogP contribution in [0.2, 0.25) is 0 Å². The van der Waals surface area contributed by atoms with E-state index in [0.29, 0.717) is 0 Å². The monoisotopic (exact) mass is 340 g/mol. The van der Waals surface area contributed by atoms with Crippen molar-refractivity contribution in [2.45, 2.75) is 45.0 Å². The van der Waals surface area contributed by atoms with E-state index in [-0.39, 0.29) is 19.5 Å². The minimum absolute atomic E-state index is 0.0181. The average Bonchev–Trinajstić information content (AvgIpc) is 2.35. The third kappa shape index (κ3) is 5.61. The van der Waals surface area contributed by atoms with Gasteiger partial charge in [-0.05, 0) is 27.2 Å². The van der Waals surface area contributed by atoms with Crippen molar-refractivity contribution in [1.82, 2.24) is 10.2 Å². The predicted molar refractivity (Wildman–Crippen MR) is 71.5 cm³/mol. The number of aliphatic carboxylic acids is 1. The van der Waals surface area contributed by atoms with Crippen LogP contribution in [0.1, 0.15) is 27.2 Å². The summed E-state index contributed by atoms with van der Waals surface area (Å²) < 4.78 is 42.1. The molecule has 0 aromatic rings. The van der Waals surface area contributed by atoms with Crippen molar-refractivity contribution in [2.75, 3.05) is 13.1 Å². The first-order chi connectivity index (χ1) is 10.3. The average molecular weight is 340 g/mol. The van der Waals surface area contributed by atoms with E-state index in [2.05, 4.69) is 0 Å². The number of hydrogen-bond donors (Lipinski definition) is 2. The summed E-state index contributed by atoms with van der Waals surface area (Å²) in [5.74, 6) is -4.78. The van der Waals surface area contributed by atoms with Crippen LogP contribution in [0.3, 0.4) is 0 Å². The summed E-state index contributed by atoms with van der Waals surface area (Å²) in [4.78, 5) is 35.2. The van der Waals surface area contributed by atoms with Gasteiger partial charge in [0.25, 0.3) is 0 Å². The van der Waals surface area contributed by atoms with E-state index in [9.17, 15) is 27.6 Å². The summed E-state index contributed by atoms with van der Waals surface area (Å²) in [5.41, 5.74) is -0.800. The maximum absolute atomic E-state index is 12.3. The Balaban J connectivity index is 2.83. The fraction of sp³-hybridized carbons (Fsp3) is 0.769. The van der Waals surface area contributed by atoms with Crippen LogP contribution >= 0.6 is 0 Å². The Morgan fingerprint density at radius 1 is 1.22 bits per heavy atom. The molecule has 0 unspecified atom stereocenters. The molecular weight excluding hydrogens is 321 g/mol. The molecule has 132 valence electrons. The van der Waals surface area contributed by atoms with E-state index < -0.39 is 41.7 Å². The number of piperidine rings is 1. The van der Waals surface area contributed by atoms with Crippen LogP contribution in [0.25, 0.3) is 0 Å². The predicted octanol–water partition coefficient (Wildman–Crippen LogP) is 1.38. The lowest BCUT2D eigenvalue weighted by molar-refractivity contribution is -0.175. The van der Waals surface area contributed by atoms with E-state index in [0.717, 1.165) is 4.90 Å². The van der Waals surface area contributed by atoms with Gasteiger partial charge in [-0.1, -0.05) is 0 Å². The fourth-order valence-electron chi connectivity index (χ4n) is 2.14. The van der Waals surface area contributed by atoms with Gasteiger partial charge in [0.2, 0.25) is 0 Å². The molecule has 2 amide bonds. The van der Waals surface area contributed by atoms with Crippen LogP contribution in [-0.4, -0.2) is 58.9 Å². The molecule has 1 rings (SSSR count). The molecule has 2 N–H and O–H groups in total. The highest BCUT2D eigenvalue weighted by molar-refractivity contribution is 5.83. The van der Waals surface area contributed by atoms with Crippen molar-refractivity contribution in [3.8, 4) is 0 Å². The number of nitrogens with one attached hydrogen (secondary N) is 1. The number of carbonyl (C=O) groups is 3. The normalized spacial score (nSPS) is 22.4. The molecule has 1 aliphatic rings. The fourth-order valence-corrected chi connectivity index (χ4v) is 2.14. The number of carbonyl (C=O) groups excluding carboxylic acids is 2. The Morgan fingerprint density at radius 3 is 2.22 bits per heavy atom. The van der Waals surface area contributed by atoms with Crippen LogP contribution < -0.4 is 5.32 Å². The number of halogens is 3. The topological polar surface area (TPSA) is 95.9 Å². The summed E-state index contributed by atoms with van der Waals surface area (Å²) in [6.07, 6.45) is -5.98. The summed E-state index contributed by atoms with van der Waals surface area (Å²) in [6.45, 7) is 4.52. The van der Waals surface area contributed by atoms with Crippen molar-refractivity contribution in [3.63, 3.8) is 0 Å². The Morgan fingerprint density at radius 2 is 1.78 bits per heavy atom. The van der Waals surface area contributed by atoms with Gasteiger partial charge < -0.3 is 20.1 Å². The second-order valence-corrected chi connectivity index (χ2v) is 6.24. The first kappa shape index (κ1) is 19.0. The summed E-state index contributed by atoms with van der Waals surface area (Å²) >= 11 is 0. The number of likely N-dealkylation sites (tertiary alicyclic amines) is 1. The zero-order valence-electron chi connectivity index (χ0n) is 12.9. The molecule has 0 radical (unpaired) electrons. The van der Waals surface area contributed by atoms with Crippen LogP contribution in [0.15, 0.2) is 0 Å². The largest absolute Gasteiger partial charge is 0.481 e. The quantitative estimate of drug-likeness (QED) is 0.792. The van der Waals surface area contributed by atoms with Crippen molar-refractivity contribution >= 4 is 18.0 Å². The summed E-state index contributed by atoms with van der Waals surface area (Å²) in [7, 11) is 0.